The van der Waals surface area contributed by atoms with Gasteiger partial charge in [-0.15, -0.1) is 11.8 Å². The number of likely N-dealkylation sites (tertiary alicyclic amines) is 1. The first-order valence-corrected chi connectivity index (χ1v) is 15.3. The van der Waals surface area contributed by atoms with Crippen LogP contribution in [0.4, 0.5) is 13.6 Å². The Hall–Kier alpha value is -3.34. The molecule has 3 heterocycles. The third-order valence-corrected chi connectivity index (χ3v) is 9.40. The van der Waals surface area contributed by atoms with Gasteiger partial charge in [0.15, 0.2) is 0 Å². The number of rotatable bonds is 7. The number of fused-ring (bicyclic) bond motifs is 1. The van der Waals surface area contributed by atoms with Crippen LogP contribution in [0.2, 0.25) is 0 Å². The number of hydrogen-bond acceptors (Lipinski definition) is 4. The molecule has 3 aromatic rings. The van der Waals surface area contributed by atoms with Gasteiger partial charge < -0.3 is 25.1 Å². The predicted octanol–water partition coefficient (Wildman–Crippen LogP) is 5.38. The van der Waals surface area contributed by atoms with Gasteiger partial charge in [0.2, 0.25) is 0 Å². The summed E-state index contributed by atoms with van der Waals surface area (Å²) in [6, 6.07) is 9.10. The molecule has 3 N–H and O–H groups in total. The van der Waals surface area contributed by atoms with Gasteiger partial charge in [-0.1, -0.05) is 18.2 Å². The number of hydrogen-bond donors (Lipinski definition) is 3. The van der Waals surface area contributed by atoms with E-state index < -0.39 is 12.0 Å². The number of amides is 3. The van der Waals surface area contributed by atoms with Gasteiger partial charge in [-0.25, -0.2) is 13.6 Å². The van der Waals surface area contributed by atoms with Crippen LogP contribution in [0.5, 0.6) is 0 Å². The lowest BCUT2D eigenvalue weighted by Gasteiger charge is -2.39. The van der Waals surface area contributed by atoms with Gasteiger partial charge in [0.1, 0.15) is 0 Å². The van der Waals surface area contributed by atoms with Crippen LogP contribution in [-0.2, 0) is 6.54 Å². The van der Waals surface area contributed by atoms with Gasteiger partial charge in [-0.05, 0) is 57.9 Å². The number of benzene rings is 1. The lowest BCUT2D eigenvalue weighted by atomic mass is 9.88. The second-order valence-electron chi connectivity index (χ2n) is 11.3. The minimum absolute atomic E-state index is 0.0695. The second kappa shape index (κ2) is 11.5. The van der Waals surface area contributed by atoms with Crippen LogP contribution in [0, 0.1) is 19.8 Å². The summed E-state index contributed by atoms with van der Waals surface area (Å²) in [7, 11) is 0. The molecule has 220 valence electrons. The monoisotopic (exact) mass is 585 g/mol. The van der Waals surface area contributed by atoms with Gasteiger partial charge in [0, 0.05) is 77.3 Å². The molecule has 2 aliphatic rings. The van der Waals surface area contributed by atoms with E-state index in [9.17, 15) is 23.2 Å². The Labute approximate surface area is 242 Å². The lowest BCUT2D eigenvalue weighted by Crippen LogP contribution is -2.55. The first-order chi connectivity index (χ1) is 19.5. The van der Waals surface area contributed by atoms with E-state index in [0.717, 1.165) is 40.0 Å². The summed E-state index contributed by atoms with van der Waals surface area (Å²) >= 11 is 1.48. The number of nitrogens with one attached hydrogen (secondary N) is 3. The average molecular weight is 586 g/mol. The molecule has 2 aromatic heterocycles. The van der Waals surface area contributed by atoms with Gasteiger partial charge in [-0.3, -0.25) is 9.59 Å². The highest BCUT2D eigenvalue weighted by atomic mass is 32.2. The number of halogens is 2. The third kappa shape index (κ3) is 5.86. The van der Waals surface area contributed by atoms with Gasteiger partial charge in [0.25, 0.3) is 17.4 Å². The van der Waals surface area contributed by atoms with Crippen molar-refractivity contribution in [3.05, 3.63) is 63.2 Å². The zero-order chi connectivity index (χ0) is 29.5. The molecule has 8 nitrogen and oxygen atoms in total. The molecule has 1 atom stereocenters. The molecule has 3 amide bonds. The number of piperidine rings is 1. The maximum atomic E-state index is 13.6. The summed E-state index contributed by atoms with van der Waals surface area (Å²) in [4.78, 5) is 44.2. The van der Waals surface area contributed by atoms with Crippen molar-refractivity contribution in [1.82, 2.24) is 25.1 Å². The highest BCUT2D eigenvalue weighted by Crippen LogP contribution is 2.38. The maximum Gasteiger partial charge on any atom is 0.317 e. The first-order valence-electron chi connectivity index (χ1n) is 14.1. The smallest absolute Gasteiger partial charge is 0.317 e. The van der Waals surface area contributed by atoms with E-state index in [-0.39, 0.29) is 48.8 Å². The zero-order valence-electron chi connectivity index (χ0n) is 23.9. The van der Waals surface area contributed by atoms with Crippen molar-refractivity contribution in [1.29, 1.82) is 0 Å². The van der Waals surface area contributed by atoms with Crippen LogP contribution >= 0.6 is 11.8 Å². The normalized spacial score (nSPS) is 18.2. The molecule has 1 aliphatic carbocycles. The summed E-state index contributed by atoms with van der Waals surface area (Å²) in [5.74, 6) is -2.62. The summed E-state index contributed by atoms with van der Waals surface area (Å²) in [5.41, 5.74) is 3.52. The van der Waals surface area contributed by atoms with Crippen molar-refractivity contribution >= 4 is 34.6 Å². The van der Waals surface area contributed by atoms with Crippen LogP contribution in [-0.4, -0.2) is 57.7 Å². The number of urea groups is 1. The fraction of sp³-hybridized carbons (Fsp3) is 0.500. The fourth-order valence-corrected chi connectivity index (χ4v) is 7.03. The summed E-state index contributed by atoms with van der Waals surface area (Å²) < 4.78 is 28.5. The topological polar surface area (TPSA) is 99.2 Å². The number of pyridine rings is 1. The number of aromatic nitrogens is 2. The van der Waals surface area contributed by atoms with Crippen LogP contribution in [0.3, 0.4) is 0 Å². The Morgan fingerprint density at radius 2 is 1.85 bits per heavy atom. The number of nitrogens with zero attached hydrogens (tertiary/aromatic N) is 2. The Balaban J connectivity index is 1.30. The van der Waals surface area contributed by atoms with Gasteiger partial charge in [0.05, 0.1) is 5.56 Å². The van der Waals surface area contributed by atoms with Gasteiger partial charge >= 0.3 is 6.03 Å². The fourth-order valence-electron chi connectivity index (χ4n) is 6.32. The van der Waals surface area contributed by atoms with E-state index in [1.807, 2.05) is 50.4 Å². The molecule has 1 saturated carbocycles. The van der Waals surface area contributed by atoms with Gasteiger partial charge in [-0.2, -0.15) is 0 Å². The van der Waals surface area contributed by atoms with Crippen LogP contribution < -0.4 is 16.2 Å². The number of aryl methyl sites for hydroxylation is 1. The van der Waals surface area contributed by atoms with Crippen molar-refractivity contribution in [3.63, 3.8) is 0 Å². The SMILES string of the molecule is CSc1cc(C)[nH]c(=O)c1CNC(=O)c1c(C)n([C@H](C)C2CCN(C(=O)NC3CC(F)(F)C3)CC2)c2ccccc12. The molecule has 0 radical (unpaired) electrons. The number of carbonyl (C=O) groups is 2. The third-order valence-electron chi connectivity index (χ3n) is 8.59. The Kier molecular flexibility index (Phi) is 8.18. The first kappa shape index (κ1) is 29.2. The number of H-pyrrole nitrogens is 1. The highest BCUT2D eigenvalue weighted by Gasteiger charge is 2.46. The zero-order valence-corrected chi connectivity index (χ0v) is 24.7. The molecule has 11 heteroatoms. The van der Waals surface area contributed by atoms with E-state index in [2.05, 4.69) is 27.1 Å². The molecule has 1 aromatic carbocycles. The minimum atomic E-state index is -2.66. The van der Waals surface area contributed by atoms with E-state index >= 15 is 0 Å². The molecule has 1 aliphatic heterocycles. The molecule has 41 heavy (non-hydrogen) atoms. The quantitative estimate of drug-likeness (QED) is 0.324. The summed E-state index contributed by atoms with van der Waals surface area (Å²) in [6.07, 6.45) is 2.88. The van der Waals surface area contributed by atoms with Crippen LogP contribution in [0.1, 0.15) is 66.0 Å². The van der Waals surface area contributed by atoms with Crippen molar-refractivity contribution < 1.29 is 18.4 Å². The molecular formula is C30H37F2N5O3S. The number of para-hydroxylation sites is 1. The Bertz CT molecular complexity index is 1520. The largest absolute Gasteiger partial charge is 0.348 e. The van der Waals surface area contributed by atoms with Crippen molar-refractivity contribution in [3.8, 4) is 0 Å². The van der Waals surface area contributed by atoms with Crippen molar-refractivity contribution in [2.24, 2.45) is 5.92 Å². The Morgan fingerprint density at radius 1 is 1.17 bits per heavy atom. The molecule has 1 saturated heterocycles. The van der Waals surface area contributed by atoms with E-state index in [1.165, 1.54) is 11.8 Å². The summed E-state index contributed by atoms with van der Waals surface area (Å²) in [6.45, 7) is 7.16. The minimum Gasteiger partial charge on any atom is -0.348 e. The average Bonchev–Trinajstić information content (AvgIpc) is 3.22. The molecule has 0 bridgehead atoms. The van der Waals surface area contributed by atoms with E-state index in [1.54, 1.807) is 4.90 Å². The summed E-state index contributed by atoms with van der Waals surface area (Å²) in [5, 5.41) is 6.57. The van der Waals surface area contributed by atoms with Crippen molar-refractivity contribution in [2.45, 2.75) is 75.9 Å². The van der Waals surface area contributed by atoms with E-state index in [4.69, 9.17) is 0 Å². The molecule has 5 rings (SSSR count). The van der Waals surface area contributed by atoms with Crippen LogP contribution in [0.25, 0.3) is 10.9 Å². The molecule has 0 unspecified atom stereocenters. The number of thioether (sulfide) groups is 1. The highest BCUT2D eigenvalue weighted by molar-refractivity contribution is 7.98. The second-order valence-corrected chi connectivity index (χ2v) is 12.2. The van der Waals surface area contributed by atoms with E-state index in [0.29, 0.717) is 24.2 Å². The number of carbonyl (C=O) groups excluding carboxylic acids is 2. The number of aromatic amines is 1. The maximum absolute atomic E-state index is 13.6. The van der Waals surface area contributed by atoms with Crippen LogP contribution in [0.15, 0.2) is 40.0 Å². The molecule has 2 fully saturated rings. The molecule has 0 spiro atoms. The lowest BCUT2D eigenvalue weighted by molar-refractivity contribution is -0.0904. The molecular weight excluding hydrogens is 548 g/mol. The standard InChI is InChI=1S/C30H37F2N5O3S/c1-17-13-25(41-4)23(27(38)34-17)16-33-28(39)26-19(3)37(24-8-6-5-7-22(24)26)18(2)20-9-11-36(12-10-20)29(40)35-21-14-30(31,32)15-21/h5-8,13,18,20-21H,9-12,14-16H2,1-4H3,(H,33,39)(H,34,38)(H,35,40)/t18-/m1/s1. The number of alkyl halides is 2. The Morgan fingerprint density at radius 3 is 2.51 bits per heavy atom. The predicted molar refractivity (Wildman–Crippen MR) is 157 cm³/mol. The van der Waals surface area contributed by atoms with Crippen molar-refractivity contribution in [2.75, 3.05) is 19.3 Å².